The number of hydrogen-bond donors (Lipinski definition) is 1. The molecule has 1 N–H and O–H groups in total. The average molecular weight is 345 g/mol. The Morgan fingerprint density at radius 3 is 2.69 bits per heavy atom. The minimum Gasteiger partial charge on any atom is -0.422 e. The molecule has 4 rings (SSSR count). The zero-order chi connectivity index (χ0) is 18.1. The van der Waals surface area contributed by atoms with E-state index in [1.54, 1.807) is 0 Å². The SMILES string of the molecule is Cc1ccc2c(CNc3ccn(-c4ccccc4)n3)cc(=O)oc2c1C. The molecule has 0 aliphatic heterocycles. The van der Waals surface area contributed by atoms with E-state index >= 15 is 0 Å². The predicted octanol–water partition coefficient (Wildman–Crippen LogP) is 4.21. The summed E-state index contributed by atoms with van der Waals surface area (Å²) in [5.41, 5.74) is 4.31. The first-order chi connectivity index (χ1) is 12.6. The van der Waals surface area contributed by atoms with Crippen LogP contribution in [0.3, 0.4) is 0 Å². The van der Waals surface area contributed by atoms with E-state index in [0.29, 0.717) is 12.1 Å². The van der Waals surface area contributed by atoms with E-state index < -0.39 is 0 Å². The van der Waals surface area contributed by atoms with Crippen molar-refractivity contribution in [1.82, 2.24) is 9.78 Å². The zero-order valence-electron chi connectivity index (χ0n) is 14.7. The molecule has 26 heavy (non-hydrogen) atoms. The van der Waals surface area contributed by atoms with Crippen molar-refractivity contribution >= 4 is 16.8 Å². The van der Waals surface area contributed by atoms with Gasteiger partial charge >= 0.3 is 5.63 Å². The summed E-state index contributed by atoms with van der Waals surface area (Å²) in [6.07, 6.45) is 1.91. The van der Waals surface area contributed by atoms with Gasteiger partial charge in [0.1, 0.15) is 11.4 Å². The minimum atomic E-state index is -0.335. The van der Waals surface area contributed by atoms with E-state index in [0.717, 1.165) is 33.6 Å². The summed E-state index contributed by atoms with van der Waals surface area (Å²) in [7, 11) is 0. The normalized spacial score (nSPS) is 11.0. The summed E-state index contributed by atoms with van der Waals surface area (Å²) in [6.45, 7) is 4.48. The fraction of sp³-hybridized carbons (Fsp3) is 0.143. The van der Waals surface area contributed by atoms with Gasteiger partial charge in [-0.3, -0.25) is 0 Å². The third-order valence-electron chi connectivity index (χ3n) is 4.59. The second-order valence-corrected chi connectivity index (χ2v) is 6.31. The van der Waals surface area contributed by atoms with Crippen molar-refractivity contribution in [2.75, 3.05) is 5.32 Å². The first-order valence-corrected chi connectivity index (χ1v) is 8.50. The van der Waals surface area contributed by atoms with Crippen molar-refractivity contribution in [2.24, 2.45) is 0 Å². The molecule has 4 aromatic rings. The number of benzene rings is 2. The highest BCUT2D eigenvalue weighted by atomic mass is 16.4. The number of para-hydroxylation sites is 1. The molecule has 130 valence electrons. The van der Waals surface area contributed by atoms with Crippen LogP contribution in [0.2, 0.25) is 0 Å². The molecule has 0 aliphatic rings. The van der Waals surface area contributed by atoms with Crippen molar-refractivity contribution in [1.29, 1.82) is 0 Å². The molecule has 5 nitrogen and oxygen atoms in total. The van der Waals surface area contributed by atoms with Crippen LogP contribution in [-0.4, -0.2) is 9.78 Å². The van der Waals surface area contributed by atoms with Gasteiger partial charge in [0.05, 0.1) is 5.69 Å². The Kier molecular flexibility index (Phi) is 4.05. The molecule has 0 fully saturated rings. The standard InChI is InChI=1S/C21H19N3O2/c1-14-8-9-18-16(12-20(25)26-21(18)15(14)2)13-22-19-10-11-24(23-19)17-6-4-3-5-7-17/h3-12H,13H2,1-2H3,(H,22,23). The van der Waals surface area contributed by atoms with E-state index in [9.17, 15) is 4.79 Å². The maximum atomic E-state index is 12.0. The van der Waals surface area contributed by atoms with E-state index in [-0.39, 0.29) is 5.63 Å². The van der Waals surface area contributed by atoms with Gasteiger partial charge < -0.3 is 9.73 Å². The Bertz CT molecular complexity index is 1130. The maximum absolute atomic E-state index is 12.0. The third kappa shape index (κ3) is 2.99. The molecule has 2 aromatic heterocycles. The van der Waals surface area contributed by atoms with Crippen LogP contribution in [-0.2, 0) is 6.54 Å². The zero-order valence-corrected chi connectivity index (χ0v) is 14.7. The first-order valence-electron chi connectivity index (χ1n) is 8.50. The monoisotopic (exact) mass is 345 g/mol. The lowest BCUT2D eigenvalue weighted by Crippen LogP contribution is -2.07. The Labute approximate surface area is 150 Å². The van der Waals surface area contributed by atoms with Crippen LogP contribution < -0.4 is 10.9 Å². The van der Waals surface area contributed by atoms with Gasteiger partial charge in [0.2, 0.25) is 0 Å². The summed E-state index contributed by atoms with van der Waals surface area (Å²) < 4.78 is 7.24. The van der Waals surface area contributed by atoms with Crippen molar-refractivity contribution < 1.29 is 4.42 Å². The molecule has 0 saturated carbocycles. The lowest BCUT2D eigenvalue weighted by atomic mass is 10.0. The lowest BCUT2D eigenvalue weighted by Gasteiger charge is -2.09. The Hall–Kier alpha value is -3.34. The number of hydrogen-bond acceptors (Lipinski definition) is 4. The van der Waals surface area contributed by atoms with Crippen molar-refractivity contribution in [2.45, 2.75) is 20.4 Å². The highest BCUT2D eigenvalue weighted by Gasteiger charge is 2.10. The minimum absolute atomic E-state index is 0.335. The lowest BCUT2D eigenvalue weighted by molar-refractivity contribution is 0.556. The fourth-order valence-corrected chi connectivity index (χ4v) is 3.00. The number of anilines is 1. The van der Waals surface area contributed by atoms with Crippen LogP contribution in [0, 0.1) is 13.8 Å². The van der Waals surface area contributed by atoms with Crippen LogP contribution in [0.4, 0.5) is 5.82 Å². The third-order valence-corrected chi connectivity index (χ3v) is 4.59. The van der Waals surface area contributed by atoms with Gasteiger partial charge in [-0.05, 0) is 42.7 Å². The first kappa shape index (κ1) is 16.1. The predicted molar refractivity (Wildman–Crippen MR) is 103 cm³/mol. The number of rotatable bonds is 4. The van der Waals surface area contributed by atoms with Crippen LogP contribution >= 0.6 is 0 Å². The molecular formula is C21H19N3O2. The Morgan fingerprint density at radius 1 is 1.08 bits per heavy atom. The van der Waals surface area contributed by atoms with E-state index in [4.69, 9.17) is 4.42 Å². The highest BCUT2D eigenvalue weighted by molar-refractivity contribution is 5.84. The molecular weight excluding hydrogens is 326 g/mol. The Morgan fingerprint density at radius 2 is 1.88 bits per heavy atom. The van der Waals surface area contributed by atoms with Gasteiger partial charge in [-0.2, -0.15) is 5.10 Å². The molecule has 0 bridgehead atoms. The quantitative estimate of drug-likeness (QED) is 0.563. The Balaban J connectivity index is 1.62. The summed E-state index contributed by atoms with van der Waals surface area (Å²) in [5.74, 6) is 0.749. The summed E-state index contributed by atoms with van der Waals surface area (Å²) in [6, 6.07) is 17.4. The molecule has 2 heterocycles. The maximum Gasteiger partial charge on any atom is 0.336 e. The van der Waals surface area contributed by atoms with Crippen LogP contribution in [0.5, 0.6) is 0 Å². The van der Waals surface area contributed by atoms with Gasteiger partial charge in [-0.25, -0.2) is 9.48 Å². The molecule has 2 aromatic carbocycles. The topological polar surface area (TPSA) is 60.1 Å². The van der Waals surface area contributed by atoms with Crippen LogP contribution in [0.15, 0.2) is 70.0 Å². The molecule has 0 radical (unpaired) electrons. The molecule has 0 unspecified atom stereocenters. The number of aryl methyl sites for hydroxylation is 2. The number of nitrogens with zero attached hydrogens (tertiary/aromatic N) is 2. The van der Waals surface area contributed by atoms with Crippen molar-refractivity contribution in [3.05, 3.63) is 87.9 Å². The fourth-order valence-electron chi connectivity index (χ4n) is 3.00. The van der Waals surface area contributed by atoms with E-state index in [1.165, 1.54) is 6.07 Å². The second-order valence-electron chi connectivity index (χ2n) is 6.31. The van der Waals surface area contributed by atoms with E-state index in [2.05, 4.69) is 10.4 Å². The summed E-state index contributed by atoms with van der Waals surface area (Å²) in [5, 5.41) is 8.77. The largest absolute Gasteiger partial charge is 0.422 e. The number of nitrogens with one attached hydrogen (secondary N) is 1. The molecule has 0 atom stereocenters. The van der Waals surface area contributed by atoms with Gasteiger partial charge in [0, 0.05) is 30.3 Å². The van der Waals surface area contributed by atoms with Crippen LogP contribution in [0.25, 0.3) is 16.7 Å². The molecule has 0 saturated heterocycles. The molecule has 5 heteroatoms. The second kappa shape index (κ2) is 6.52. The molecule has 0 spiro atoms. The number of aromatic nitrogens is 2. The van der Waals surface area contributed by atoms with E-state index in [1.807, 2.05) is 73.3 Å². The number of fused-ring (bicyclic) bond motifs is 1. The summed E-state index contributed by atoms with van der Waals surface area (Å²) in [4.78, 5) is 12.0. The summed E-state index contributed by atoms with van der Waals surface area (Å²) >= 11 is 0. The van der Waals surface area contributed by atoms with Crippen molar-refractivity contribution in [3.8, 4) is 5.69 Å². The van der Waals surface area contributed by atoms with Gasteiger partial charge in [0.15, 0.2) is 0 Å². The van der Waals surface area contributed by atoms with Gasteiger partial charge in [-0.15, -0.1) is 0 Å². The molecule has 0 amide bonds. The average Bonchev–Trinajstić information content (AvgIpc) is 3.13. The van der Waals surface area contributed by atoms with Gasteiger partial charge in [-0.1, -0.05) is 30.3 Å². The highest BCUT2D eigenvalue weighted by Crippen LogP contribution is 2.23. The van der Waals surface area contributed by atoms with Crippen LogP contribution in [0.1, 0.15) is 16.7 Å². The van der Waals surface area contributed by atoms with Crippen molar-refractivity contribution in [3.63, 3.8) is 0 Å². The smallest absolute Gasteiger partial charge is 0.336 e. The van der Waals surface area contributed by atoms with Gasteiger partial charge in [0.25, 0.3) is 0 Å². The molecule has 0 aliphatic carbocycles.